The number of benzene rings is 1. The highest BCUT2D eigenvalue weighted by Gasteiger charge is 2.35. The Kier molecular flexibility index (Phi) is 4.75. The zero-order valence-electron chi connectivity index (χ0n) is 13.2. The molecule has 1 atom stereocenters. The van der Waals surface area contributed by atoms with Gasteiger partial charge in [0, 0.05) is 56.6 Å². The molecule has 1 unspecified atom stereocenters. The second-order valence-corrected chi connectivity index (χ2v) is 6.01. The summed E-state index contributed by atoms with van der Waals surface area (Å²) in [6.07, 6.45) is 4.62. The van der Waals surface area contributed by atoms with E-state index in [1.165, 1.54) is 6.07 Å². The summed E-state index contributed by atoms with van der Waals surface area (Å²) in [6, 6.07) is 6.59. The van der Waals surface area contributed by atoms with Crippen LogP contribution in [0.15, 0.2) is 36.7 Å². The van der Waals surface area contributed by atoms with Crippen LogP contribution >= 0.6 is 0 Å². The molecule has 0 radical (unpaired) electrons. The largest absolute Gasteiger partial charge is 0.388 e. The first-order chi connectivity index (χ1) is 11.1. The molecular weight excluding hydrogens is 297 g/mol. The van der Waals surface area contributed by atoms with Crippen molar-refractivity contribution in [2.24, 2.45) is 0 Å². The van der Waals surface area contributed by atoms with Crippen molar-refractivity contribution in [3.8, 4) is 5.69 Å². The summed E-state index contributed by atoms with van der Waals surface area (Å²) in [5.41, 5.74) is 0.433. The van der Waals surface area contributed by atoms with Gasteiger partial charge in [-0.1, -0.05) is 6.07 Å². The zero-order chi connectivity index (χ0) is 16.3. The van der Waals surface area contributed by atoms with Gasteiger partial charge < -0.3 is 15.2 Å². The number of nitrogens with one attached hydrogen (secondary N) is 1. The molecule has 2 N–H and O–H groups in total. The van der Waals surface area contributed by atoms with E-state index in [4.69, 9.17) is 4.74 Å². The normalized spacial score (nSPS) is 18.7. The van der Waals surface area contributed by atoms with E-state index in [1.54, 1.807) is 29.2 Å². The van der Waals surface area contributed by atoms with E-state index in [2.05, 4.69) is 10.4 Å². The van der Waals surface area contributed by atoms with Crippen LogP contribution in [-0.4, -0.2) is 39.7 Å². The van der Waals surface area contributed by atoms with Crippen LogP contribution < -0.4 is 5.32 Å². The van der Waals surface area contributed by atoms with Gasteiger partial charge in [0.1, 0.15) is 5.82 Å². The van der Waals surface area contributed by atoms with Crippen molar-refractivity contribution in [1.29, 1.82) is 0 Å². The van der Waals surface area contributed by atoms with Crippen LogP contribution in [-0.2, 0) is 11.3 Å². The molecule has 5 nitrogen and oxygen atoms in total. The van der Waals surface area contributed by atoms with Crippen LogP contribution in [0.3, 0.4) is 0 Å². The van der Waals surface area contributed by atoms with Crippen LogP contribution in [0.4, 0.5) is 4.39 Å². The van der Waals surface area contributed by atoms with Gasteiger partial charge in [-0.25, -0.2) is 9.07 Å². The Morgan fingerprint density at radius 2 is 2.17 bits per heavy atom. The summed E-state index contributed by atoms with van der Waals surface area (Å²) in [6.45, 7) is 3.37. The maximum absolute atomic E-state index is 14.3. The second-order valence-electron chi connectivity index (χ2n) is 6.01. The molecule has 1 aromatic heterocycles. The molecule has 0 saturated carbocycles. The molecule has 2 aromatic rings. The van der Waals surface area contributed by atoms with Crippen LogP contribution in [0.1, 0.15) is 25.3 Å². The lowest BCUT2D eigenvalue weighted by Gasteiger charge is -2.37. The molecule has 124 valence electrons. The molecule has 0 amide bonds. The topological polar surface area (TPSA) is 59.3 Å². The molecule has 1 aliphatic heterocycles. The van der Waals surface area contributed by atoms with E-state index in [0.717, 1.165) is 0 Å². The highest BCUT2D eigenvalue weighted by atomic mass is 19.1. The molecule has 1 saturated heterocycles. The Bertz CT molecular complexity index is 639. The minimum atomic E-state index is -0.810. The van der Waals surface area contributed by atoms with Crippen molar-refractivity contribution in [3.05, 3.63) is 48.0 Å². The molecular formula is C17H22FN3O2. The van der Waals surface area contributed by atoms with Crippen LogP contribution in [0.25, 0.3) is 5.69 Å². The van der Waals surface area contributed by atoms with Gasteiger partial charge in [0.2, 0.25) is 0 Å². The quantitative estimate of drug-likeness (QED) is 0.885. The standard InChI is InChI=1S/C17H22FN3O2/c1-13(17(22)6-10-23-11-7-17)19-12-14-15(18)4-2-5-16(14)21-9-3-8-20-21/h2-5,8-9,13,19,22H,6-7,10-12H2,1H3. The fourth-order valence-corrected chi connectivity index (χ4v) is 2.95. The lowest BCUT2D eigenvalue weighted by atomic mass is 9.87. The Morgan fingerprint density at radius 1 is 1.39 bits per heavy atom. The lowest BCUT2D eigenvalue weighted by Crippen LogP contribution is -2.52. The summed E-state index contributed by atoms with van der Waals surface area (Å²) in [4.78, 5) is 0. The Labute approximate surface area is 135 Å². The Morgan fingerprint density at radius 3 is 2.87 bits per heavy atom. The van der Waals surface area contributed by atoms with Crippen molar-refractivity contribution >= 4 is 0 Å². The Balaban J connectivity index is 1.75. The molecule has 23 heavy (non-hydrogen) atoms. The molecule has 2 heterocycles. The van der Waals surface area contributed by atoms with E-state index >= 15 is 0 Å². The fourth-order valence-electron chi connectivity index (χ4n) is 2.95. The van der Waals surface area contributed by atoms with E-state index in [-0.39, 0.29) is 11.9 Å². The van der Waals surface area contributed by atoms with Crippen LogP contribution in [0.2, 0.25) is 0 Å². The molecule has 3 rings (SSSR count). The van der Waals surface area contributed by atoms with Gasteiger partial charge in [0.25, 0.3) is 0 Å². The van der Waals surface area contributed by atoms with Crippen molar-refractivity contribution < 1.29 is 14.2 Å². The fraction of sp³-hybridized carbons (Fsp3) is 0.471. The zero-order valence-corrected chi connectivity index (χ0v) is 13.2. The number of hydrogen-bond acceptors (Lipinski definition) is 4. The van der Waals surface area contributed by atoms with Gasteiger partial charge in [0.05, 0.1) is 11.3 Å². The summed E-state index contributed by atoms with van der Waals surface area (Å²) in [5, 5.41) is 18.1. The number of hydrogen-bond donors (Lipinski definition) is 2. The summed E-state index contributed by atoms with van der Waals surface area (Å²) in [7, 11) is 0. The maximum atomic E-state index is 14.3. The van der Waals surface area contributed by atoms with Gasteiger partial charge in [-0.3, -0.25) is 0 Å². The number of rotatable bonds is 5. The molecule has 1 aromatic carbocycles. The lowest BCUT2D eigenvalue weighted by molar-refractivity contribution is -0.0819. The van der Waals surface area contributed by atoms with E-state index < -0.39 is 5.60 Å². The molecule has 0 aliphatic carbocycles. The maximum Gasteiger partial charge on any atom is 0.129 e. The third-order valence-corrected chi connectivity index (χ3v) is 4.60. The number of halogens is 1. The first-order valence-corrected chi connectivity index (χ1v) is 7.91. The van der Waals surface area contributed by atoms with Gasteiger partial charge in [0.15, 0.2) is 0 Å². The van der Waals surface area contributed by atoms with Crippen molar-refractivity contribution in [3.63, 3.8) is 0 Å². The molecule has 0 bridgehead atoms. The summed E-state index contributed by atoms with van der Waals surface area (Å²) in [5.74, 6) is -0.281. The molecule has 1 fully saturated rings. The van der Waals surface area contributed by atoms with E-state index in [9.17, 15) is 9.50 Å². The number of aromatic nitrogens is 2. The monoisotopic (exact) mass is 319 g/mol. The van der Waals surface area contributed by atoms with Gasteiger partial charge in [-0.05, 0) is 25.1 Å². The molecule has 0 spiro atoms. The third-order valence-electron chi connectivity index (χ3n) is 4.60. The predicted octanol–water partition coefficient (Wildman–Crippen LogP) is 2.03. The van der Waals surface area contributed by atoms with Gasteiger partial charge in [-0.15, -0.1) is 0 Å². The number of ether oxygens (including phenoxy) is 1. The smallest absolute Gasteiger partial charge is 0.129 e. The molecule has 1 aliphatic rings. The van der Waals surface area contributed by atoms with Crippen LogP contribution in [0, 0.1) is 5.82 Å². The summed E-state index contributed by atoms with van der Waals surface area (Å²) >= 11 is 0. The minimum absolute atomic E-state index is 0.156. The van der Waals surface area contributed by atoms with Gasteiger partial charge in [-0.2, -0.15) is 5.10 Å². The molecule has 6 heteroatoms. The van der Waals surface area contributed by atoms with Gasteiger partial charge >= 0.3 is 0 Å². The third kappa shape index (κ3) is 3.44. The second kappa shape index (κ2) is 6.78. The predicted molar refractivity (Wildman–Crippen MR) is 84.8 cm³/mol. The highest BCUT2D eigenvalue weighted by Crippen LogP contribution is 2.25. The number of nitrogens with zero attached hydrogens (tertiary/aromatic N) is 2. The van der Waals surface area contributed by atoms with Crippen molar-refractivity contribution in [2.75, 3.05) is 13.2 Å². The summed E-state index contributed by atoms with van der Waals surface area (Å²) < 4.78 is 21.2. The average Bonchev–Trinajstić information content (AvgIpc) is 3.08. The first kappa shape index (κ1) is 16.1. The first-order valence-electron chi connectivity index (χ1n) is 7.91. The van der Waals surface area contributed by atoms with Crippen LogP contribution in [0.5, 0.6) is 0 Å². The van der Waals surface area contributed by atoms with E-state index in [0.29, 0.717) is 43.9 Å². The number of aliphatic hydroxyl groups is 1. The van der Waals surface area contributed by atoms with Crippen molar-refractivity contribution in [2.45, 2.75) is 38.0 Å². The Hall–Kier alpha value is -1.76. The van der Waals surface area contributed by atoms with Crippen molar-refractivity contribution in [1.82, 2.24) is 15.1 Å². The highest BCUT2D eigenvalue weighted by molar-refractivity contribution is 5.41. The van der Waals surface area contributed by atoms with E-state index in [1.807, 2.05) is 13.0 Å². The minimum Gasteiger partial charge on any atom is -0.388 e. The average molecular weight is 319 g/mol. The SMILES string of the molecule is CC(NCc1c(F)cccc1-n1cccn1)C1(O)CCOCC1.